The van der Waals surface area contributed by atoms with Crippen LogP contribution in [0.25, 0.3) is 0 Å². The zero-order valence-corrected chi connectivity index (χ0v) is 14.2. The highest BCUT2D eigenvalue weighted by Crippen LogP contribution is 2.27. The van der Waals surface area contributed by atoms with Gasteiger partial charge in [0, 0.05) is 13.1 Å². The van der Waals surface area contributed by atoms with Gasteiger partial charge in [0.05, 0.1) is 10.9 Å². The molecule has 0 heterocycles. The van der Waals surface area contributed by atoms with Crippen molar-refractivity contribution >= 4 is 21.7 Å². The van der Waals surface area contributed by atoms with Crippen molar-refractivity contribution in [2.24, 2.45) is 5.92 Å². The van der Waals surface area contributed by atoms with Gasteiger partial charge in [0.15, 0.2) is 0 Å². The molecule has 1 fully saturated rings. The first-order valence-electron chi connectivity index (χ1n) is 7.76. The molecule has 1 saturated carbocycles. The average molecular weight is 338 g/mol. The average Bonchev–Trinajstić information content (AvgIpc) is 3.37. The second-order valence-corrected chi connectivity index (χ2v) is 7.61. The molecule has 23 heavy (non-hydrogen) atoms. The fourth-order valence-corrected chi connectivity index (χ4v) is 3.97. The molecule has 6 nitrogen and oxygen atoms in total. The fourth-order valence-electron chi connectivity index (χ4n) is 2.35. The molecule has 1 N–H and O–H groups in total. The Morgan fingerprint density at radius 1 is 1.26 bits per heavy atom. The van der Waals surface area contributed by atoms with Gasteiger partial charge in [-0.2, -0.15) is 4.31 Å². The molecule has 2 rings (SSSR count). The van der Waals surface area contributed by atoms with Gasteiger partial charge < -0.3 is 5.32 Å². The maximum Gasteiger partial charge on any atom is 0.289 e. The molecule has 1 aliphatic rings. The van der Waals surface area contributed by atoms with Crippen LogP contribution in [0.5, 0.6) is 0 Å². The lowest BCUT2D eigenvalue weighted by Crippen LogP contribution is -2.48. The first kappa shape index (κ1) is 17.6. The summed E-state index contributed by atoms with van der Waals surface area (Å²) < 4.78 is 26.4. The van der Waals surface area contributed by atoms with Gasteiger partial charge in [-0.05, 0) is 37.8 Å². The smallest absolute Gasteiger partial charge is 0.289 e. The minimum atomic E-state index is -3.82. The standard InChI is InChI=1S/C16H22N2O4S/c1-3-18(23(21,22)14-7-5-4-6-8-14)12(2)15(19)16(20)17-11-13-9-10-13/h4-8,12-13H,3,9-11H2,1-2H3,(H,17,20). The number of hydrogen-bond donors (Lipinski definition) is 1. The third kappa shape index (κ3) is 4.17. The largest absolute Gasteiger partial charge is 0.349 e. The molecule has 1 atom stereocenters. The number of nitrogens with zero attached hydrogens (tertiary/aromatic N) is 1. The third-order valence-electron chi connectivity index (χ3n) is 3.94. The van der Waals surface area contributed by atoms with Crippen LogP contribution in [0.4, 0.5) is 0 Å². The molecule has 1 aromatic carbocycles. The highest BCUT2D eigenvalue weighted by Gasteiger charge is 2.35. The number of ketones is 1. The fraction of sp³-hybridized carbons (Fsp3) is 0.500. The van der Waals surface area contributed by atoms with Crippen LogP contribution in [0.2, 0.25) is 0 Å². The number of carbonyl (C=O) groups is 2. The van der Waals surface area contributed by atoms with Crippen molar-refractivity contribution in [3.63, 3.8) is 0 Å². The Hall–Kier alpha value is -1.73. The first-order valence-corrected chi connectivity index (χ1v) is 9.20. The number of hydrogen-bond acceptors (Lipinski definition) is 4. The second-order valence-electron chi connectivity index (χ2n) is 5.72. The van der Waals surface area contributed by atoms with E-state index in [1.54, 1.807) is 25.1 Å². The Kier molecular flexibility index (Phi) is 5.54. The van der Waals surface area contributed by atoms with E-state index in [1.165, 1.54) is 19.1 Å². The monoisotopic (exact) mass is 338 g/mol. The van der Waals surface area contributed by atoms with Gasteiger partial charge >= 0.3 is 0 Å². The number of rotatable bonds is 8. The summed E-state index contributed by atoms with van der Waals surface area (Å²) in [6.07, 6.45) is 2.13. The number of sulfonamides is 1. The molecule has 7 heteroatoms. The van der Waals surface area contributed by atoms with Gasteiger partial charge in [-0.3, -0.25) is 9.59 Å². The van der Waals surface area contributed by atoms with Crippen LogP contribution in [-0.4, -0.2) is 43.5 Å². The number of nitrogens with one attached hydrogen (secondary N) is 1. The van der Waals surface area contributed by atoms with Gasteiger partial charge in [0.2, 0.25) is 15.8 Å². The van der Waals surface area contributed by atoms with Gasteiger partial charge in [-0.1, -0.05) is 25.1 Å². The molecule has 1 amide bonds. The molecule has 0 bridgehead atoms. The lowest BCUT2D eigenvalue weighted by molar-refractivity contribution is -0.139. The molecule has 1 unspecified atom stereocenters. The third-order valence-corrected chi connectivity index (χ3v) is 6.00. The number of carbonyl (C=O) groups excluding carboxylic acids is 2. The van der Waals surface area contributed by atoms with E-state index in [0.717, 1.165) is 17.1 Å². The van der Waals surface area contributed by atoms with E-state index in [1.807, 2.05) is 0 Å². The molecule has 126 valence electrons. The van der Waals surface area contributed by atoms with Crippen molar-refractivity contribution < 1.29 is 18.0 Å². The number of Topliss-reactive ketones (excluding diaryl/α,β-unsaturated/α-hetero) is 1. The number of benzene rings is 1. The second kappa shape index (κ2) is 7.23. The molecule has 1 aromatic rings. The predicted molar refractivity (Wildman–Crippen MR) is 86.2 cm³/mol. The molecule has 1 aliphatic carbocycles. The van der Waals surface area contributed by atoms with Crippen LogP contribution in [0.15, 0.2) is 35.2 Å². The van der Waals surface area contributed by atoms with E-state index in [4.69, 9.17) is 0 Å². The van der Waals surface area contributed by atoms with Gasteiger partial charge in [-0.15, -0.1) is 0 Å². The predicted octanol–water partition coefficient (Wildman–Crippen LogP) is 1.18. The van der Waals surface area contributed by atoms with Crippen LogP contribution in [0.1, 0.15) is 26.7 Å². The summed E-state index contributed by atoms with van der Waals surface area (Å²) >= 11 is 0. The van der Waals surface area contributed by atoms with Crippen molar-refractivity contribution in [1.82, 2.24) is 9.62 Å². The Bertz CT molecular complexity index is 669. The van der Waals surface area contributed by atoms with Crippen LogP contribution in [0.3, 0.4) is 0 Å². The lowest BCUT2D eigenvalue weighted by Gasteiger charge is -2.25. The summed E-state index contributed by atoms with van der Waals surface area (Å²) in [7, 11) is -3.82. The van der Waals surface area contributed by atoms with Crippen molar-refractivity contribution in [1.29, 1.82) is 0 Å². The number of amides is 1. The quantitative estimate of drug-likeness (QED) is 0.722. The number of likely N-dealkylation sites (N-methyl/N-ethyl adjacent to an activating group) is 1. The minimum Gasteiger partial charge on any atom is -0.349 e. The van der Waals surface area contributed by atoms with E-state index in [-0.39, 0.29) is 11.4 Å². The zero-order chi connectivity index (χ0) is 17.0. The highest BCUT2D eigenvalue weighted by molar-refractivity contribution is 7.89. The molecule has 0 aliphatic heterocycles. The molecule has 0 saturated heterocycles. The van der Waals surface area contributed by atoms with E-state index < -0.39 is 27.8 Å². The molecular formula is C16H22N2O4S. The normalized spacial score (nSPS) is 16.1. The Morgan fingerprint density at radius 3 is 2.39 bits per heavy atom. The topological polar surface area (TPSA) is 83.6 Å². The van der Waals surface area contributed by atoms with E-state index in [9.17, 15) is 18.0 Å². The first-order chi connectivity index (χ1) is 10.9. The van der Waals surface area contributed by atoms with Crippen LogP contribution >= 0.6 is 0 Å². The minimum absolute atomic E-state index is 0.111. The SMILES string of the molecule is CCN(C(C)C(=O)C(=O)NCC1CC1)S(=O)(=O)c1ccccc1. The summed E-state index contributed by atoms with van der Waals surface area (Å²) in [5.41, 5.74) is 0. The van der Waals surface area contributed by atoms with Gasteiger partial charge in [-0.25, -0.2) is 8.42 Å². The Labute approximate surface area is 136 Å². The van der Waals surface area contributed by atoms with Crippen molar-refractivity contribution in [3.05, 3.63) is 30.3 Å². The maximum atomic E-state index is 12.7. The van der Waals surface area contributed by atoms with Crippen molar-refractivity contribution in [2.45, 2.75) is 37.6 Å². The van der Waals surface area contributed by atoms with E-state index >= 15 is 0 Å². The molecule has 0 aromatic heterocycles. The van der Waals surface area contributed by atoms with E-state index in [2.05, 4.69) is 5.32 Å². The Morgan fingerprint density at radius 2 is 1.87 bits per heavy atom. The van der Waals surface area contributed by atoms with Crippen LogP contribution in [-0.2, 0) is 19.6 Å². The van der Waals surface area contributed by atoms with E-state index in [0.29, 0.717) is 12.5 Å². The molecule has 0 radical (unpaired) electrons. The lowest BCUT2D eigenvalue weighted by atomic mass is 10.2. The zero-order valence-electron chi connectivity index (χ0n) is 13.4. The summed E-state index contributed by atoms with van der Waals surface area (Å²) in [5.74, 6) is -0.990. The molecular weight excluding hydrogens is 316 g/mol. The summed E-state index contributed by atoms with van der Waals surface area (Å²) in [6, 6.07) is 6.87. The van der Waals surface area contributed by atoms with Crippen molar-refractivity contribution in [3.8, 4) is 0 Å². The summed E-state index contributed by atoms with van der Waals surface area (Å²) in [6.45, 7) is 3.68. The maximum absolute atomic E-state index is 12.7. The van der Waals surface area contributed by atoms with Crippen LogP contribution in [0, 0.1) is 5.92 Å². The summed E-state index contributed by atoms with van der Waals surface area (Å²) in [5, 5.41) is 2.59. The van der Waals surface area contributed by atoms with Gasteiger partial charge in [0.25, 0.3) is 5.91 Å². The summed E-state index contributed by atoms with van der Waals surface area (Å²) in [4.78, 5) is 24.3. The van der Waals surface area contributed by atoms with Gasteiger partial charge in [0.1, 0.15) is 0 Å². The molecule has 0 spiro atoms. The van der Waals surface area contributed by atoms with Crippen molar-refractivity contribution in [2.75, 3.05) is 13.1 Å². The highest BCUT2D eigenvalue weighted by atomic mass is 32.2. The Balaban J connectivity index is 2.12. The van der Waals surface area contributed by atoms with Crippen LogP contribution < -0.4 is 5.32 Å².